The van der Waals surface area contributed by atoms with Gasteiger partial charge in [-0.15, -0.1) is 0 Å². The van der Waals surface area contributed by atoms with E-state index in [0.29, 0.717) is 4.77 Å². The van der Waals surface area contributed by atoms with E-state index in [9.17, 15) is 0 Å². The number of thiol groups is 1. The summed E-state index contributed by atoms with van der Waals surface area (Å²) in [4.78, 5) is 2.98. The standard InChI is InChI=1S/C13H14N2S2/c16-10-2-1-3-11-4-6-12(7-5-11)15-9-8-14-13(15)17/h1,3-9,16H,2,10H2,(H,14,17). The third-order valence-corrected chi connectivity index (χ3v) is 3.00. The zero-order valence-corrected chi connectivity index (χ0v) is 11.0. The largest absolute Gasteiger partial charge is 0.337 e. The summed E-state index contributed by atoms with van der Waals surface area (Å²) in [6.07, 6.45) is 8.99. The minimum absolute atomic E-state index is 0.711. The van der Waals surface area contributed by atoms with Gasteiger partial charge in [-0.05, 0) is 42.1 Å². The maximum Gasteiger partial charge on any atom is 0.181 e. The van der Waals surface area contributed by atoms with E-state index in [4.69, 9.17) is 12.2 Å². The zero-order valence-electron chi connectivity index (χ0n) is 9.34. The van der Waals surface area contributed by atoms with E-state index in [0.717, 1.165) is 17.9 Å². The smallest absolute Gasteiger partial charge is 0.181 e. The fourth-order valence-corrected chi connectivity index (χ4v) is 1.95. The van der Waals surface area contributed by atoms with Crippen molar-refractivity contribution in [1.82, 2.24) is 9.55 Å². The predicted molar refractivity (Wildman–Crippen MR) is 78.5 cm³/mol. The molecule has 2 nitrogen and oxygen atoms in total. The summed E-state index contributed by atoms with van der Waals surface area (Å²) in [6, 6.07) is 8.28. The molecule has 0 aliphatic rings. The molecule has 0 aliphatic heterocycles. The molecular formula is C13H14N2S2. The third kappa shape index (κ3) is 3.11. The third-order valence-electron chi connectivity index (χ3n) is 2.43. The van der Waals surface area contributed by atoms with E-state index < -0.39 is 0 Å². The molecule has 1 aromatic carbocycles. The Labute approximate surface area is 111 Å². The van der Waals surface area contributed by atoms with Gasteiger partial charge in [0.2, 0.25) is 0 Å². The highest BCUT2D eigenvalue weighted by Crippen LogP contribution is 2.11. The van der Waals surface area contributed by atoms with E-state index in [1.54, 1.807) is 0 Å². The number of rotatable bonds is 4. The molecule has 0 spiro atoms. The Kier molecular flexibility index (Phi) is 4.23. The summed E-state index contributed by atoms with van der Waals surface area (Å²) in [5.74, 6) is 0.882. The second-order valence-corrected chi connectivity index (χ2v) is 4.48. The molecule has 0 aliphatic carbocycles. The number of aromatic amines is 1. The Bertz CT molecular complexity index is 549. The molecule has 17 heavy (non-hydrogen) atoms. The molecule has 0 saturated carbocycles. The second-order valence-electron chi connectivity index (χ2n) is 3.64. The van der Waals surface area contributed by atoms with Crippen molar-refractivity contribution in [3.63, 3.8) is 0 Å². The minimum atomic E-state index is 0.711. The summed E-state index contributed by atoms with van der Waals surface area (Å²) in [6.45, 7) is 0. The first-order valence-electron chi connectivity index (χ1n) is 5.45. The lowest BCUT2D eigenvalue weighted by atomic mass is 10.2. The molecule has 2 aromatic rings. The number of benzene rings is 1. The van der Waals surface area contributed by atoms with Gasteiger partial charge in [0.25, 0.3) is 0 Å². The van der Waals surface area contributed by atoms with Crippen molar-refractivity contribution in [3.05, 3.63) is 53.1 Å². The van der Waals surface area contributed by atoms with Crippen molar-refractivity contribution in [1.29, 1.82) is 0 Å². The van der Waals surface area contributed by atoms with Crippen LogP contribution in [0.5, 0.6) is 0 Å². The van der Waals surface area contributed by atoms with Crippen LogP contribution in [0, 0.1) is 4.77 Å². The molecule has 0 radical (unpaired) electrons. The SMILES string of the molecule is S=c1[nH]ccn1-c1ccc(C=CCCS)cc1. The van der Waals surface area contributed by atoms with Crippen molar-refractivity contribution < 1.29 is 0 Å². The van der Waals surface area contributed by atoms with Crippen molar-refractivity contribution in [2.24, 2.45) is 0 Å². The maximum absolute atomic E-state index is 5.17. The lowest BCUT2D eigenvalue weighted by Crippen LogP contribution is -1.91. The van der Waals surface area contributed by atoms with E-state index in [2.05, 4.69) is 54.0 Å². The Balaban J connectivity index is 2.19. The normalized spacial score (nSPS) is 11.1. The number of aromatic nitrogens is 2. The molecule has 1 aromatic heterocycles. The van der Waals surface area contributed by atoms with E-state index in [1.165, 1.54) is 5.56 Å². The van der Waals surface area contributed by atoms with Gasteiger partial charge < -0.3 is 4.98 Å². The average molecular weight is 262 g/mol. The molecule has 0 atom stereocenters. The number of H-pyrrole nitrogens is 1. The summed E-state index contributed by atoms with van der Waals surface area (Å²) in [7, 11) is 0. The first-order valence-corrected chi connectivity index (χ1v) is 6.49. The molecule has 0 amide bonds. The molecule has 4 heteroatoms. The van der Waals surface area contributed by atoms with Crippen molar-refractivity contribution in [3.8, 4) is 5.69 Å². The second kappa shape index (κ2) is 5.89. The lowest BCUT2D eigenvalue weighted by molar-refractivity contribution is 1.03. The van der Waals surface area contributed by atoms with Crippen molar-refractivity contribution in [2.75, 3.05) is 5.75 Å². The van der Waals surface area contributed by atoms with Gasteiger partial charge >= 0.3 is 0 Å². The first-order chi connectivity index (χ1) is 8.31. The van der Waals surface area contributed by atoms with Crippen molar-refractivity contribution in [2.45, 2.75) is 6.42 Å². The molecule has 1 N–H and O–H groups in total. The van der Waals surface area contributed by atoms with Crippen LogP contribution < -0.4 is 0 Å². The Morgan fingerprint density at radius 3 is 2.65 bits per heavy atom. The molecule has 0 unspecified atom stereocenters. The van der Waals surface area contributed by atoms with Crippen LogP contribution in [0.2, 0.25) is 0 Å². The maximum atomic E-state index is 5.17. The molecule has 2 rings (SSSR count). The number of nitrogens with zero attached hydrogens (tertiary/aromatic N) is 1. The van der Waals surface area contributed by atoms with Gasteiger partial charge in [0.15, 0.2) is 4.77 Å². The Morgan fingerprint density at radius 2 is 2.06 bits per heavy atom. The number of nitrogens with one attached hydrogen (secondary N) is 1. The summed E-state index contributed by atoms with van der Waals surface area (Å²) in [5, 5.41) is 0. The van der Waals surface area contributed by atoms with Crippen LogP contribution in [-0.4, -0.2) is 15.3 Å². The van der Waals surface area contributed by atoms with Crippen LogP contribution in [0.15, 0.2) is 42.7 Å². The van der Waals surface area contributed by atoms with E-state index in [1.807, 2.05) is 17.0 Å². The summed E-state index contributed by atoms with van der Waals surface area (Å²) >= 11 is 9.34. The molecule has 1 heterocycles. The monoisotopic (exact) mass is 262 g/mol. The van der Waals surface area contributed by atoms with Crippen LogP contribution in [0.1, 0.15) is 12.0 Å². The highest BCUT2D eigenvalue weighted by Gasteiger charge is 1.96. The van der Waals surface area contributed by atoms with Crippen LogP contribution >= 0.6 is 24.8 Å². The van der Waals surface area contributed by atoms with Gasteiger partial charge in [0, 0.05) is 18.1 Å². The van der Waals surface area contributed by atoms with Crippen LogP contribution in [0.3, 0.4) is 0 Å². The van der Waals surface area contributed by atoms with Gasteiger partial charge in [-0.3, -0.25) is 4.57 Å². The molecule has 88 valence electrons. The van der Waals surface area contributed by atoms with Gasteiger partial charge in [-0.1, -0.05) is 24.3 Å². The molecule has 0 fully saturated rings. The quantitative estimate of drug-likeness (QED) is 0.633. The summed E-state index contributed by atoms with van der Waals surface area (Å²) in [5.41, 5.74) is 2.26. The topological polar surface area (TPSA) is 20.7 Å². The number of imidazole rings is 1. The fourth-order valence-electron chi connectivity index (χ4n) is 1.56. The highest BCUT2D eigenvalue weighted by atomic mass is 32.1. The van der Waals surface area contributed by atoms with Crippen molar-refractivity contribution >= 4 is 30.9 Å². The van der Waals surface area contributed by atoms with Crippen LogP contribution in [-0.2, 0) is 0 Å². The van der Waals surface area contributed by atoms with Gasteiger partial charge in [0.1, 0.15) is 0 Å². The lowest BCUT2D eigenvalue weighted by Gasteiger charge is -2.02. The van der Waals surface area contributed by atoms with E-state index >= 15 is 0 Å². The Morgan fingerprint density at radius 1 is 1.29 bits per heavy atom. The minimum Gasteiger partial charge on any atom is -0.337 e. The highest BCUT2D eigenvalue weighted by molar-refractivity contribution is 7.80. The molecule has 0 bridgehead atoms. The summed E-state index contributed by atoms with van der Waals surface area (Å²) < 4.78 is 2.65. The van der Waals surface area contributed by atoms with Gasteiger partial charge in [0.05, 0.1) is 0 Å². The fraction of sp³-hybridized carbons (Fsp3) is 0.154. The van der Waals surface area contributed by atoms with Crippen LogP contribution in [0.25, 0.3) is 11.8 Å². The Hall–Kier alpha value is -1.26. The first kappa shape index (κ1) is 12.2. The van der Waals surface area contributed by atoms with E-state index in [-0.39, 0.29) is 0 Å². The predicted octanol–water partition coefficient (Wildman–Crippen LogP) is 3.87. The molecular weight excluding hydrogens is 248 g/mol. The van der Waals surface area contributed by atoms with Gasteiger partial charge in [-0.2, -0.15) is 12.6 Å². The van der Waals surface area contributed by atoms with Gasteiger partial charge in [-0.25, -0.2) is 0 Å². The number of hydrogen-bond acceptors (Lipinski definition) is 2. The average Bonchev–Trinajstić information content (AvgIpc) is 2.77. The van der Waals surface area contributed by atoms with Crippen LogP contribution in [0.4, 0.5) is 0 Å². The number of hydrogen-bond donors (Lipinski definition) is 2. The number of allylic oxidation sites excluding steroid dienone is 1. The molecule has 0 saturated heterocycles. The zero-order chi connectivity index (χ0) is 12.1.